The number of nitrogens with zero attached hydrogens (tertiary/aromatic N) is 2. The van der Waals surface area contributed by atoms with Crippen LogP contribution in [0.4, 0.5) is 9.18 Å². The number of carboxylic acid groups (broad SMARTS) is 1. The van der Waals surface area contributed by atoms with Gasteiger partial charge in [0.25, 0.3) is 11.8 Å². The maximum atomic E-state index is 14.8. The number of imide groups is 1. The first-order valence-corrected chi connectivity index (χ1v) is 9.28. The summed E-state index contributed by atoms with van der Waals surface area (Å²) in [6.45, 7) is 6.65. The molecule has 1 atom stereocenters. The lowest BCUT2D eigenvalue weighted by atomic mass is 9.95. The van der Waals surface area contributed by atoms with Crippen LogP contribution >= 0.6 is 0 Å². The molecular weight excluding hydrogens is 375 g/mol. The lowest BCUT2D eigenvalue weighted by molar-refractivity contribution is 0.0627. The fourth-order valence-corrected chi connectivity index (χ4v) is 3.85. The number of amides is 3. The quantitative estimate of drug-likeness (QED) is 0.772. The maximum absolute atomic E-state index is 14.8. The highest BCUT2D eigenvalue weighted by Crippen LogP contribution is 2.33. The van der Waals surface area contributed by atoms with Crippen molar-refractivity contribution in [3.8, 4) is 0 Å². The number of carbonyl (C=O) groups is 3. The first-order valence-electron chi connectivity index (χ1n) is 9.28. The van der Waals surface area contributed by atoms with Crippen LogP contribution in [0.25, 0.3) is 0 Å². The molecule has 0 aromatic heterocycles. The Balaban J connectivity index is 2.01. The monoisotopic (exact) mass is 398 g/mol. The second-order valence-corrected chi connectivity index (χ2v) is 8.05. The number of rotatable bonds is 4. The Morgan fingerprint density at radius 2 is 1.62 bits per heavy atom. The summed E-state index contributed by atoms with van der Waals surface area (Å²) in [5.41, 5.74) is 0.379. The molecule has 7 heteroatoms. The van der Waals surface area contributed by atoms with Gasteiger partial charge < -0.3 is 5.11 Å². The Morgan fingerprint density at radius 1 is 1.07 bits per heavy atom. The van der Waals surface area contributed by atoms with Crippen molar-refractivity contribution in [2.24, 2.45) is 0 Å². The van der Waals surface area contributed by atoms with E-state index in [1.165, 1.54) is 17.0 Å². The first-order chi connectivity index (χ1) is 13.5. The van der Waals surface area contributed by atoms with E-state index in [4.69, 9.17) is 0 Å². The van der Waals surface area contributed by atoms with Crippen LogP contribution in [-0.4, -0.2) is 38.4 Å². The molecular formula is C22H23FN2O4. The maximum Gasteiger partial charge on any atom is 0.408 e. The molecule has 0 aliphatic carbocycles. The minimum absolute atomic E-state index is 0.130. The molecule has 29 heavy (non-hydrogen) atoms. The van der Waals surface area contributed by atoms with E-state index in [1.54, 1.807) is 58.0 Å². The number of hydrogen-bond acceptors (Lipinski definition) is 3. The highest BCUT2D eigenvalue weighted by atomic mass is 19.1. The summed E-state index contributed by atoms with van der Waals surface area (Å²) in [6.07, 6.45) is -1.14. The van der Waals surface area contributed by atoms with Gasteiger partial charge in [0.15, 0.2) is 0 Å². The third-order valence-corrected chi connectivity index (χ3v) is 5.12. The fraction of sp³-hybridized carbons (Fsp3) is 0.318. The summed E-state index contributed by atoms with van der Waals surface area (Å²) < 4.78 is 14.8. The van der Waals surface area contributed by atoms with Crippen molar-refractivity contribution in [1.29, 1.82) is 0 Å². The van der Waals surface area contributed by atoms with Gasteiger partial charge in [-0.25, -0.2) is 9.18 Å². The van der Waals surface area contributed by atoms with Crippen molar-refractivity contribution < 1.29 is 23.9 Å². The molecule has 1 unspecified atom stereocenters. The van der Waals surface area contributed by atoms with Crippen molar-refractivity contribution in [3.63, 3.8) is 0 Å². The van der Waals surface area contributed by atoms with Gasteiger partial charge in [0.05, 0.1) is 23.7 Å². The van der Waals surface area contributed by atoms with Crippen LogP contribution in [0.3, 0.4) is 0 Å². The second kappa shape index (κ2) is 7.31. The van der Waals surface area contributed by atoms with E-state index in [0.717, 1.165) is 4.90 Å². The number of benzene rings is 2. The van der Waals surface area contributed by atoms with Crippen LogP contribution in [0.2, 0.25) is 0 Å². The molecule has 0 spiro atoms. The van der Waals surface area contributed by atoms with E-state index in [1.807, 2.05) is 0 Å². The molecule has 2 aromatic rings. The van der Waals surface area contributed by atoms with E-state index >= 15 is 0 Å². The SMILES string of the molecule is CC(c1cccc(F)c1CN1C(=O)c2ccccc2C1=O)N(C(=O)O)C(C)(C)C. The Kier molecular flexibility index (Phi) is 5.17. The van der Waals surface area contributed by atoms with Gasteiger partial charge in [0, 0.05) is 11.1 Å². The highest BCUT2D eigenvalue weighted by Gasteiger charge is 2.37. The molecule has 0 fully saturated rings. The molecule has 3 amide bonds. The zero-order chi connectivity index (χ0) is 21.5. The van der Waals surface area contributed by atoms with Crippen LogP contribution < -0.4 is 0 Å². The molecule has 1 heterocycles. The van der Waals surface area contributed by atoms with Crippen LogP contribution in [0, 0.1) is 5.82 Å². The van der Waals surface area contributed by atoms with Crippen molar-refractivity contribution in [2.45, 2.75) is 45.8 Å². The average molecular weight is 398 g/mol. The minimum Gasteiger partial charge on any atom is -0.465 e. The molecule has 0 bridgehead atoms. The van der Waals surface area contributed by atoms with Crippen LogP contribution in [0.5, 0.6) is 0 Å². The van der Waals surface area contributed by atoms with Gasteiger partial charge in [-0.3, -0.25) is 19.4 Å². The summed E-state index contributed by atoms with van der Waals surface area (Å²) in [7, 11) is 0. The summed E-state index contributed by atoms with van der Waals surface area (Å²) in [5.74, 6) is -1.57. The summed E-state index contributed by atoms with van der Waals surface area (Å²) in [5, 5.41) is 9.70. The number of carbonyl (C=O) groups excluding carboxylic acids is 2. The zero-order valence-electron chi connectivity index (χ0n) is 16.8. The predicted octanol–water partition coefficient (Wildman–Crippen LogP) is 4.46. The Hall–Kier alpha value is -3.22. The Bertz CT molecular complexity index is 962. The van der Waals surface area contributed by atoms with Gasteiger partial charge in [-0.15, -0.1) is 0 Å². The van der Waals surface area contributed by atoms with E-state index in [9.17, 15) is 23.9 Å². The molecule has 2 aromatic carbocycles. The van der Waals surface area contributed by atoms with Gasteiger partial charge >= 0.3 is 6.09 Å². The first kappa shape index (κ1) is 20.5. The second-order valence-electron chi connectivity index (χ2n) is 8.05. The van der Waals surface area contributed by atoms with E-state index in [-0.39, 0.29) is 23.2 Å². The topological polar surface area (TPSA) is 77.9 Å². The highest BCUT2D eigenvalue weighted by molar-refractivity contribution is 6.21. The van der Waals surface area contributed by atoms with E-state index < -0.39 is 35.3 Å². The van der Waals surface area contributed by atoms with Gasteiger partial charge in [0.1, 0.15) is 5.82 Å². The third kappa shape index (κ3) is 3.60. The van der Waals surface area contributed by atoms with Gasteiger partial charge in [-0.2, -0.15) is 0 Å². The van der Waals surface area contributed by atoms with Crippen molar-refractivity contribution in [1.82, 2.24) is 9.80 Å². The van der Waals surface area contributed by atoms with E-state index in [2.05, 4.69) is 0 Å². The minimum atomic E-state index is -1.14. The molecule has 152 valence electrons. The smallest absolute Gasteiger partial charge is 0.408 e. The molecule has 1 aliphatic heterocycles. The molecule has 3 rings (SSSR count). The Morgan fingerprint density at radius 3 is 2.10 bits per heavy atom. The predicted molar refractivity (Wildman–Crippen MR) is 105 cm³/mol. The summed E-state index contributed by atoms with van der Waals surface area (Å²) in [4.78, 5) is 39.5. The van der Waals surface area contributed by atoms with Gasteiger partial charge in [-0.05, 0) is 51.5 Å². The van der Waals surface area contributed by atoms with Gasteiger partial charge in [0.2, 0.25) is 0 Å². The largest absolute Gasteiger partial charge is 0.465 e. The summed E-state index contributed by atoms with van der Waals surface area (Å²) >= 11 is 0. The summed E-state index contributed by atoms with van der Waals surface area (Å²) in [6, 6.07) is 10.1. The molecule has 0 saturated heterocycles. The third-order valence-electron chi connectivity index (χ3n) is 5.12. The molecule has 6 nitrogen and oxygen atoms in total. The average Bonchev–Trinajstić information content (AvgIpc) is 2.87. The number of fused-ring (bicyclic) bond motifs is 1. The normalized spacial score (nSPS) is 14.7. The lowest BCUT2D eigenvalue weighted by Crippen LogP contribution is -2.46. The van der Waals surface area contributed by atoms with Crippen LogP contribution in [0.1, 0.15) is 65.6 Å². The van der Waals surface area contributed by atoms with Crippen LogP contribution in [-0.2, 0) is 6.54 Å². The number of hydrogen-bond donors (Lipinski definition) is 1. The van der Waals surface area contributed by atoms with E-state index in [0.29, 0.717) is 5.56 Å². The standard InChI is InChI=1S/C22H23FN2O4/c1-13(25(21(28)29)22(2,3)4)14-10-7-11-18(23)17(14)12-24-19(26)15-8-5-6-9-16(15)20(24)27/h5-11,13H,12H2,1-4H3,(H,28,29). The molecule has 1 aliphatic rings. The zero-order valence-corrected chi connectivity index (χ0v) is 16.8. The lowest BCUT2D eigenvalue weighted by Gasteiger charge is -2.39. The molecule has 0 saturated carbocycles. The van der Waals surface area contributed by atoms with Crippen molar-refractivity contribution >= 4 is 17.9 Å². The van der Waals surface area contributed by atoms with Gasteiger partial charge in [-0.1, -0.05) is 24.3 Å². The molecule has 0 radical (unpaired) electrons. The van der Waals surface area contributed by atoms with Crippen molar-refractivity contribution in [2.75, 3.05) is 0 Å². The fourth-order valence-electron chi connectivity index (χ4n) is 3.85. The van der Waals surface area contributed by atoms with Crippen LogP contribution in [0.15, 0.2) is 42.5 Å². The molecule has 1 N–H and O–H groups in total. The number of halogens is 1. The van der Waals surface area contributed by atoms with Crippen molar-refractivity contribution in [3.05, 3.63) is 70.5 Å². The Labute approximate surface area is 168 Å².